The van der Waals surface area contributed by atoms with Crippen molar-refractivity contribution in [1.82, 2.24) is 19.4 Å². The third kappa shape index (κ3) is 5.75. The molecular formula is C19H24F3N5O3S. The molecule has 0 atom stereocenters. The maximum absolute atomic E-state index is 12.8. The minimum atomic E-state index is -4.41. The second kappa shape index (κ2) is 8.48. The second-order valence-corrected chi connectivity index (χ2v) is 9.33. The van der Waals surface area contributed by atoms with E-state index < -0.39 is 28.4 Å². The molecule has 1 saturated heterocycles. The number of thiophene rings is 1. The van der Waals surface area contributed by atoms with Crippen molar-refractivity contribution in [2.24, 2.45) is 0 Å². The van der Waals surface area contributed by atoms with E-state index >= 15 is 0 Å². The highest BCUT2D eigenvalue weighted by atomic mass is 32.1. The van der Waals surface area contributed by atoms with Gasteiger partial charge >= 0.3 is 18.0 Å². The van der Waals surface area contributed by atoms with Crippen molar-refractivity contribution >= 4 is 23.4 Å². The molecule has 31 heavy (non-hydrogen) atoms. The van der Waals surface area contributed by atoms with Gasteiger partial charge in [0.05, 0.1) is 6.54 Å². The summed E-state index contributed by atoms with van der Waals surface area (Å²) < 4.78 is 45.0. The number of amides is 1. The molecule has 0 saturated carbocycles. The van der Waals surface area contributed by atoms with Crippen molar-refractivity contribution < 1.29 is 22.7 Å². The van der Waals surface area contributed by atoms with E-state index in [1.165, 1.54) is 10.6 Å². The van der Waals surface area contributed by atoms with Crippen LogP contribution in [0.5, 0.6) is 0 Å². The van der Waals surface area contributed by atoms with Gasteiger partial charge in [-0.3, -0.25) is 4.57 Å². The second-order valence-electron chi connectivity index (χ2n) is 8.16. The molecule has 2 aromatic heterocycles. The van der Waals surface area contributed by atoms with E-state index in [4.69, 9.17) is 4.74 Å². The summed E-state index contributed by atoms with van der Waals surface area (Å²) in [4.78, 5) is 36.1. The highest BCUT2D eigenvalue weighted by Crippen LogP contribution is 2.34. The molecule has 12 heteroatoms. The minimum absolute atomic E-state index is 0.0296. The molecule has 0 bridgehead atoms. The van der Waals surface area contributed by atoms with Gasteiger partial charge in [-0.15, -0.1) is 11.3 Å². The number of rotatable bonds is 3. The molecule has 3 rings (SSSR count). The first-order chi connectivity index (χ1) is 14.3. The summed E-state index contributed by atoms with van der Waals surface area (Å²) in [5.41, 5.74) is -1.17. The first kappa shape index (κ1) is 23.0. The lowest BCUT2D eigenvalue weighted by atomic mass is 10.2. The number of anilines is 1. The van der Waals surface area contributed by atoms with Crippen LogP contribution in [-0.2, 0) is 17.5 Å². The normalized spacial score (nSPS) is 15.3. The van der Waals surface area contributed by atoms with E-state index in [2.05, 4.69) is 9.97 Å². The summed E-state index contributed by atoms with van der Waals surface area (Å²) in [6, 6.07) is 2.35. The number of hydrogen-bond donors (Lipinski definition) is 0. The van der Waals surface area contributed by atoms with Crippen LogP contribution in [0.25, 0.3) is 0 Å². The number of nitrogens with zero attached hydrogens (tertiary/aromatic N) is 5. The van der Waals surface area contributed by atoms with Crippen molar-refractivity contribution in [2.75, 3.05) is 31.1 Å². The number of piperazine rings is 1. The number of carbonyl (C=O) groups excluding carboxylic acids is 1. The molecule has 0 radical (unpaired) electrons. The number of halogens is 3. The molecule has 1 amide bonds. The van der Waals surface area contributed by atoms with E-state index in [0.717, 1.165) is 6.07 Å². The van der Waals surface area contributed by atoms with Gasteiger partial charge < -0.3 is 14.5 Å². The molecule has 3 heterocycles. The molecule has 0 unspecified atom stereocenters. The highest BCUT2D eigenvalue weighted by molar-refractivity contribution is 7.12. The zero-order valence-electron chi connectivity index (χ0n) is 17.7. The minimum Gasteiger partial charge on any atom is -0.444 e. The van der Waals surface area contributed by atoms with E-state index in [0.29, 0.717) is 48.2 Å². The standard InChI is InChI=1S/C19H24F3N5O3S/c1-12-23-15(25-7-9-26(10-8-25)17(29)30-18(2,3)4)24-16(28)27(12)11-13-5-6-14(31-13)19(20,21)22/h5-6H,7-11H2,1-4H3. The fourth-order valence-electron chi connectivity index (χ4n) is 3.02. The fourth-order valence-corrected chi connectivity index (χ4v) is 3.89. The Bertz CT molecular complexity index is 1000. The van der Waals surface area contributed by atoms with E-state index in [1.807, 2.05) is 0 Å². The topological polar surface area (TPSA) is 80.6 Å². The smallest absolute Gasteiger partial charge is 0.425 e. The van der Waals surface area contributed by atoms with Crippen LogP contribution in [0.2, 0.25) is 0 Å². The van der Waals surface area contributed by atoms with Crippen molar-refractivity contribution in [3.8, 4) is 0 Å². The van der Waals surface area contributed by atoms with Gasteiger partial charge in [-0.2, -0.15) is 23.1 Å². The molecule has 1 aliphatic heterocycles. The van der Waals surface area contributed by atoms with Gasteiger partial charge in [0.15, 0.2) is 0 Å². The molecule has 0 aliphatic carbocycles. The SMILES string of the molecule is Cc1nc(N2CCN(C(=O)OC(C)(C)C)CC2)nc(=O)n1Cc1ccc(C(F)(F)F)s1. The zero-order valence-corrected chi connectivity index (χ0v) is 18.5. The largest absolute Gasteiger partial charge is 0.444 e. The van der Waals surface area contributed by atoms with Crippen molar-refractivity contribution in [3.05, 3.63) is 38.2 Å². The predicted octanol–water partition coefficient (Wildman–Crippen LogP) is 3.13. The number of ether oxygens (including phenoxy) is 1. The number of carbonyl (C=O) groups is 1. The molecular weight excluding hydrogens is 435 g/mol. The van der Waals surface area contributed by atoms with Gasteiger partial charge in [-0.25, -0.2) is 9.59 Å². The summed E-state index contributed by atoms with van der Waals surface area (Å²) in [6.45, 7) is 8.64. The Balaban J connectivity index is 1.68. The van der Waals surface area contributed by atoms with Gasteiger partial charge in [0, 0.05) is 31.1 Å². The highest BCUT2D eigenvalue weighted by Gasteiger charge is 2.32. The van der Waals surface area contributed by atoms with Crippen LogP contribution in [-0.4, -0.2) is 57.3 Å². The van der Waals surface area contributed by atoms with E-state index in [9.17, 15) is 22.8 Å². The zero-order chi connectivity index (χ0) is 23.0. The number of aromatic nitrogens is 3. The molecule has 170 valence electrons. The van der Waals surface area contributed by atoms with Crippen molar-refractivity contribution in [3.63, 3.8) is 0 Å². The molecule has 0 aromatic carbocycles. The number of alkyl halides is 3. The maximum atomic E-state index is 12.8. The van der Waals surface area contributed by atoms with E-state index in [-0.39, 0.29) is 12.5 Å². The lowest BCUT2D eigenvalue weighted by molar-refractivity contribution is -0.134. The number of aryl methyl sites for hydroxylation is 1. The number of hydrogen-bond acceptors (Lipinski definition) is 7. The summed E-state index contributed by atoms with van der Waals surface area (Å²) in [6.07, 6.45) is -4.81. The molecule has 1 aliphatic rings. The predicted molar refractivity (Wildman–Crippen MR) is 109 cm³/mol. The first-order valence-corrected chi connectivity index (χ1v) is 10.5. The third-order valence-electron chi connectivity index (χ3n) is 4.55. The van der Waals surface area contributed by atoms with Crippen LogP contribution in [0.3, 0.4) is 0 Å². The molecule has 1 fully saturated rings. The van der Waals surface area contributed by atoms with Gasteiger partial charge in [0.1, 0.15) is 16.3 Å². The molecule has 8 nitrogen and oxygen atoms in total. The fraction of sp³-hybridized carbons (Fsp3) is 0.579. The molecule has 0 spiro atoms. The summed E-state index contributed by atoms with van der Waals surface area (Å²) >= 11 is 0.591. The van der Waals surface area contributed by atoms with Gasteiger partial charge in [-0.1, -0.05) is 0 Å². The summed E-state index contributed by atoms with van der Waals surface area (Å²) in [5.74, 6) is 0.594. The summed E-state index contributed by atoms with van der Waals surface area (Å²) in [5, 5.41) is 0. The Morgan fingerprint density at radius 2 is 1.77 bits per heavy atom. The molecule has 2 aromatic rings. The van der Waals surface area contributed by atoms with Crippen LogP contribution in [0.4, 0.5) is 23.9 Å². The Morgan fingerprint density at radius 1 is 1.13 bits per heavy atom. The molecule has 0 N–H and O–H groups in total. The maximum Gasteiger partial charge on any atom is 0.425 e. The van der Waals surface area contributed by atoms with Crippen LogP contribution in [0.1, 0.15) is 36.3 Å². The lowest BCUT2D eigenvalue weighted by Crippen LogP contribution is -2.51. The Morgan fingerprint density at radius 3 is 2.29 bits per heavy atom. The Labute approximate surface area is 181 Å². The van der Waals surface area contributed by atoms with Gasteiger partial charge in [0.25, 0.3) is 0 Å². The van der Waals surface area contributed by atoms with Crippen molar-refractivity contribution in [2.45, 2.75) is 46.0 Å². The average Bonchev–Trinajstić information content (AvgIpc) is 3.12. The van der Waals surface area contributed by atoms with Crippen LogP contribution < -0.4 is 10.6 Å². The Hall–Kier alpha value is -2.63. The van der Waals surface area contributed by atoms with Crippen LogP contribution in [0.15, 0.2) is 16.9 Å². The van der Waals surface area contributed by atoms with Crippen molar-refractivity contribution in [1.29, 1.82) is 0 Å². The third-order valence-corrected chi connectivity index (χ3v) is 5.66. The quantitative estimate of drug-likeness (QED) is 0.702. The van der Waals surface area contributed by atoms with Gasteiger partial charge in [-0.05, 0) is 39.8 Å². The summed E-state index contributed by atoms with van der Waals surface area (Å²) in [7, 11) is 0. The van der Waals surface area contributed by atoms with Crippen LogP contribution in [0, 0.1) is 6.92 Å². The van der Waals surface area contributed by atoms with E-state index in [1.54, 1.807) is 37.5 Å². The van der Waals surface area contributed by atoms with Gasteiger partial charge in [0.2, 0.25) is 5.95 Å². The lowest BCUT2D eigenvalue weighted by Gasteiger charge is -2.35. The first-order valence-electron chi connectivity index (χ1n) is 9.68. The monoisotopic (exact) mass is 459 g/mol. The van der Waals surface area contributed by atoms with Crippen LogP contribution >= 0.6 is 11.3 Å². The Kier molecular flexibility index (Phi) is 6.30. The average molecular weight is 459 g/mol.